The van der Waals surface area contributed by atoms with Crippen LogP contribution >= 0.6 is 23.2 Å². The summed E-state index contributed by atoms with van der Waals surface area (Å²) in [5.74, 6) is 0.787. The molecule has 0 N–H and O–H groups in total. The maximum atomic E-state index is 12.8. The standard InChI is InChI=1S/C25H25Cl2NO5/c1-4-32-22-10-5-16(2)13-23(22)33-15-21-19(26)14-20(27)24(29)28(21)12-11-17-6-8-18(9-7-17)25(30)31-3/h5-10,13-14H,4,11-12,15H2,1-3H3. The summed E-state index contributed by atoms with van der Waals surface area (Å²) in [7, 11) is 1.34. The Hall–Kier alpha value is -2.96. The van der Waals surface area contributed by atoms with Crippen LogP contribution in [0.25, 0.3) is 0 Å². The number of ether oxygens (including phenoxy) is 3. The zero-order chi connectivity index (χ0) is 24.0. The zero-order valence-corrected chi connectivity index (χ0v) is 20.2. The van der Waals surface area contributed by atoms with Crippen molar-refractivity contribution in [3.05, 3.63) is 91.3 Å². The molecule has 3 aromatic rings. The van der Waals surface area contributed by atoms with Crippen molar-refractivity contribution < 1.29 is 19.0 Å². The highest BCUT2D eigenvalue weighted by molar-refractivity contribution is 6.34. The summed E-state index contributed by atoms with van der Waals surface area (Å²) in [5.41, 5.74) is 2.58. The number of esters is 1. The number of hydrogen-bond acceptors (Lipinski definition) is 5. The maximum Gasteiger partial charge on any atom is 0.337 e. The Labute approximate surface area is 202 Å². The van der Waals surface area contributed by atoms with E-state index in [2.05, 4.69) is 0 Å². The molecule has 0 saturated heterocycles. The first-order chi connectivity index (χ1) is 15.8. The summed E-state index contributed by atoms with van der Waals surface area (Å²) in [4.78, 5) is 24.4. The van der Waals surface area contributed by atoms with Crippen LogP contribution in [-0.2, 0) is 24.3 Å². The second kappa shape index (κ2) is 11.3. The summed E-state index contributed by atoms with van der Waals surface area (Å²) in [6, 6.07) is 14.1. The van der Waals surface area contributed by atoms with Crippen molar-refractivity contribution in [2.24, 2.45) is 0 Å². The van der Waals surface area contributed by atoms with Crippen LogP contribution in [0.3, 0.4) is 0 Å². The first kappa shape index (κ1) is 24.7. The lowest BCUT2D eigenvalue weighted by Crippen LogP contribution is -2.26. The SMILES string of the molecule is CCOc1ccc(C)cc1OCc1c(Cl)cc(Cl)c(=O)n1CCc1ccc(C(=O)OC)cc1. The van der Waals surface area contributed by atoms with Crippen molar-refractivity contribution in [1.29, 1.82) is 0 Å². The van der Waals surface area contributed by atoms with Gasteiger partial charge in [0.15, 0.2) is 11.5 Å². The van der Waals surface area contributed by atoms with Gasteiger partial charge in [0, 0.05) is 6.54 Å². The maximum absolute atomic E-state index is 12.8. The van der Waals surface area contributed by atoms with Crippen LogP contribution in [-0.4, -0.2) is 24.3 Å². The average molecular weight is 490 g/mol. The first-order valence-electron chi connectivity index (χ1n) is 10.4. The molecule has 1 heterocycles. The number of rotatable bonds is 9. The van der Waals surface area contributed by atoms with Crippen molar-refractivity contribution in [3.63, 3.8) is 0 Å². The van der Waals surface area contributed by atoms with Gasteiger partial charge in [-0.2, -0.15) is 0 Å². The predicted molar refractivity (Wildman–Crippen MR) is 129 cm³/mol. The smallest absolute Gasteiger partial charge is 0.337 e. The molecule has 0 radical (unpaired) electrons. The molecule has 0 amide bonds. The summed E-state index contributed by atoms with van der Waals surface area (Å²) in [6.45, 7) is 4.76. The van der Waals surface area contributed by atoms with Crippen molar-refractivity contribution in [1.82, 2.24) is 4.57 Å². The van der Waals surface area contributed by atoms with Gasteiger partial charge in [-0.1, -0.05) is 41.4 Å². The van der Waals surface area contributed by atoms with Gasteiger partial charge in [-0.25, -0.2) is 4.79 Å². The zero-order valence-electron chi connectivity index (χ0n) is 18.7. The van der Waals surface area contributed by atoms with Crippen molar-refractivity contribution in [3.8, 4) is 11.5 Å². The molecular formula is C25H25Cl2NO5. The van der Waals surface area contributed by atoms with Gasteiger partial charge in [-0.15, -0.1) is 0 Å². The molecule has 3 rings (SSSR count). The molecule has 0 aliphatic rings. The average Bonchev–Trinajstić information content (AvgIpc) is 2.81. The van der Waals surface area contributed by atoms with E-state index >= 15 is 0 Å². The number of pyridine rings is 1. The van der Waals surface area contributed by atoms with Gasteiger partial charge in [0.1, 0.15) is 11.6 Å². The number of halogens is 2. The van der Waals surface area contributed by atoms with Gasteiger partial charge in [0.25, 0.3) is 5.56 Å². The number of aromatic nitrogens is 1. The lowest BCUT2D eigenvalue weighted by molar-refractivity contribution is 0.0600. The number of carbonyl (C=O) groups is 1. The Morgan fingerprint density at radius 2 is 1.70 bits per heavy atom. The normalized spacial score (nSPS) is 10.7. The number of hydrogen-bond donors (Lipinski definition) is 0. The molecule has 0 bridgehead atoms. The van der Waals surface area contributed by atoms with Crippen LogP contribution in [0.4, 0.5) is 0 Å². The largest absolute Gasteiger partial charge is 0.490 e. The molecule has 0 unspecified atom stereocenters. The fourth-order valence-electron chi connectivity index (χ4n) is 3.34. The third-order valence-electron chi connectivity index (χ3n) is 5.07. The van der Waals surface area contributed by atoms with E-state index in [0.29, 0.717) is 47.4 Å². The molecule has 8 heteroatoms. The fourth-order valence-corrected chi connectivity index (χ4v) is 3.87. The quantitative estimate of drug-likeness (QED) is 0.372. The van der Waals surface area contributed by atoms with Crippen LogP contribution in [0.5, 0.6) is 11.5 Å². The van der Waals surface area contributed by atoms with E-state index in [9.17, 15) is 9.59 Å². The van der Waals surface area contributed by atoms with Crippen LogP contribution in [0.1, 0.15) is 34.1 Å². The molecule has 0 saturated carbocycles. The fraction of sp³-hybridized carbons (Fsp3) is 0.280. The van der Waals surface area contributed by atoms with Gasteiger partial charge < -0.3 is 18.8 Å². The first-order valence-corrected chi connectivity index (χ1v) is 11.2. The van der Waals surface area contributed by atoms with Gasteiger partial charge in [-0.05, 0) is 61.7 Å². The molecule has 6 nitrogen and oxygen atoms in total. The molecule has 1 aromatic heterocycles. The second-order valence-electron chi connectivity index (χ2n) is 7.35. The number of methoxy groups -OCH3 is 1. The Kier molecular flexibility index (Phi) is 8.42. The topological polar surface area (TPSA) is 66.8 Å². The van der Waals surface area contributed by atoms with Crippen LogP contribution in [0, 0.1) is 6.92 Å². The number of aryl methyl sites for hydroxylation is 2. The number of carbonyl (C=O) groups excluding carboxylic acids is 1. The molecule has 0 atom stereocenters. The molecule has 0 spiro atoms. The van der Waals surface area contributed by atoms with Crippen molar-refractivity contribution in [2.75, 3.05) is 13.7 Å². The minimum absolute atomic E-state index is 0.0374. The Balaban J connectivity index is 1.84. The van der Waals surface area contributed by atoms with Crippen LogP contribution in [0.2, 0.25) is 10.0 Å². The highest BCUT2D eigenvalue weighted by Gasteiger charge is 2.15. The van der Waals surface area contributed by atoms with E-state index in [-0.39, 0.29) is 17.2 Å². The molecular weight excluding hydrogens is 465 g/mol. The van der Waals surface area contributed by atoms with Crippen LogP contribution in [0.15, 0.2) is 53.3 Å². The molecule has 2 aromatic carbocycles. The Bertz CT molecular complexity index is 1190. The minimum atomic E-state index is -0.401. The lowest BCUT2D eigenvalue weighted by Gasteiger charge is -2.17. The van der Waals surface area contributed by atoms with Crippen molar-refractivity contribution >= 4 is 29.2 Å². The van der Waals surface area contributed by atoms with Crippen LogP contribution < -0.4 is 15.0 Å². The van der Waals surface area contributed by atoms with E-state index in [1.807, 2.05) is 44.2 Å². The summed E-state index contributed by atoms with van der Waals surface area (Å²) in [6.07, 6.45) is 0.527. The highest BCUT2D eigenvalue weighted by Crippen LogP contribution is 2.30. The van der Waals surface area contributed by atoms with Gasteiger partial charge in [0.2, 0.25) is 0 Å². The van der Waals surface area contributed by atoms with Crippen molar-refractivity contribution in [2.45, 2.75) is 33.4 Å². The van der Waals surface area contributed by atoms with Gasteiger partial charge in [-0.3, -0.25) is 4.79 Å². The molecule has 0 aliphatic carbocycles. The lowest BCUT2D eigenvalue weighted by atomic mass is 10.1. The Morgan fingerprint density at radius 1 is 0.970 bits per heavy atom. The second-order valence-corrected chi connectivity index (χ2v) is 8.17. The monoisotopic (exact) mass is 489 g/mol. The summed E-state index contributed by atoms with van der Waals surface area (Å²) < 4.78 is 17.9. The van der Waals surface area contributed by atoms with Gasteiger partial charge in [0.05, 0.1) is 30.0 Å². The molecule has 0 fully saturated rings. The van der Waals surface area contributed by atoms with E-state index < -0.39 is 5.97 Å². The Morgan fingerprint density at radius 3 is 2.36 bits per heavy atom. The third-order valence-corrected chi connectivity index (χ3v) is 5.67. The van der Waals surface area contributed by atoms with Gasteiger partial charge >= 0.3 is 5.97 Å². The highest BCUT2D eigenvalue weighted by atomic mass is 35.5. The molecule has 33 heavy (non-hydrogen) atoms. The molecule has 174 valence electrons. The van der Waals surface area contributed by atoms with E-state index in [4.69, 9.17) is 37.4 Å². The third kappa shape index (κ3) is 6.09. The number of nitrogens with zero attached hydrogens (tertiary/aromatic N) is 1. The molecule has 0 aliphatic heterocycles. The predicted octanol–water partition coefficient (Wildman–Crippen LogP) is 5.47. The number of benzene rings is 2. The van der Waals surface area contributed by atoms with E-state index in [0.717, 1.165) is 11.1 Å². The minimum Gasteiger partial charge on any atom is -0.490 e. The van der Waals surface area contributed by atoms with E-state index in [1.165, 1.54) is 17.7 Å². The van der Waals surface area contributed by atoms with E-state index in [1.54, 1.807) is 12.1 Å². The summed E-state index contributed by atoms with van der Waals surface area (Å²) in [5, 5.41) is 0.376. The summed E-state index contributed by atoms with van der Waals surface area (Å²) >= 11 is 12.6.